The van der Waals surface area contributed by atoms with Crippen molar-refractivity contribution in [2.45, 2.75) is 6.18 Å². The lowest BCUT2D eigenvalue weighted by atomic mass is 10.2. The van der Waals surface area contributed by atoms with Crippen molar-refractivity contribution in [2.24, 2.45) is 0 Å². The molecule has 3 aromatic rings. The predicted octanol–water partition coefficient (Wildman–Crippen LogP) is 3.12. The van der Waals surface area contributed by atoms with Crippen molar-refractivity contribution in [3.63, 3.8) is 0 Å². The zero-order valence-corrected chi connectivity index (χ0v) is 12.8. The van der Waals surface area contributed by atoms with Crippen molar-refractivity contribution in [1.82, 2.24) is 19.9 Å². The highest BCUT2D eigenvalue weighted by molar-refractivity contribution is 5.62. The summed E-state index contributed by atoms with van der Waals surface area (Å²) in [5.74, 6) is -1.63. The maximum Gasteiger partial charge on any atom is 0.433 e. The summed E-state index contributed by atoms with van der Waals surface area (Å²) in [7, 11) is 0. The Labute approximate surface area is 143 Å². The summed E-state index contributed by atoms with van der Waals surface area (Å²) in [4.78, 5) is 14.7. The summed E-state index contributed by atoms with van der Waals surface area (Å²) in [6.07, 6.45) is -3.66. The molecule has 0 fully saturated rings. The Hall–Kier alpha value is -3.50. The Morgan fingerprint density at radius 1 is 1.04 bits per heavy atom. The molecule has 0 amide bonds. The summed E-state index contributed by atoms with van der Waals surface area (Å²) in [6, 6.07) is 5.26. The number of phenolic OH excluding ortho intramolecular Hbond substituents is 1. The maximum absolute atomic E-state index is 13.9. The Balaban J connectivity index is 1.98. The number of rotatable bonds is 3. The van der Waals surface area contributed by atoms with Crippen LogP contribution < -0.4 is 11.1 Å². The van der Waals surface area contributed by atoms with Gasteiger partial charge in [-0.1, -0.05) is 0 Å². The first-order valence-corrected chi connectivity index (χ1v) is 7.03. The summed E-state index contributed by atoms with van der Waals surface area (Å²) >= 11 is 0. The Kier molecular flexibility index (Phi) is 4.28. The molecule has 0 aliphatic carbocycles. The molecule has 4 N–H and O–H groups in total. The van der Waals surface area contributed by atoms with E-state index in [4.69, 9.17) is 5.73 Å². The van der Waals surface area contributed by atoms with Gasteiger partial charge in [-0.05, 0) is 30.3 Å². The molecule has 26 heavy (non-hydrogen) atoms. The third kappa shape index (κ3) is 3.77. The second kappa shape index (κ2) is 6.43. The number of alkyl halides is 3. The molecular weight excluding hydrogens is 356 g/mol. The van der Waals surface area contributed by atoms with E-state index in [9.17, 15) is 22.7 Å². The molecule has 0 aliphatic heterocycles. The van der Waals surface area contributed by atoms with Crippen LogP contribution in [-0.2, 0) is 6.18 Å². The van der Waals surface area contributed by atoms with Crippen molar-refractivity contribution < 1.29 is 22.7 Å². The number of benzene rings is 1. The number of nitrogens with two attached hydrogens (primary N) is 1. The number of pyridine rings is 1. The standard InChI is InChI=1S/C15H10F4N6O/c16-10-2-1-8(26)6-9(10)12-23-13(20)25-14(24-12)22-7-3-4-21-11(5-7)15(17,18)19/h1-6,26H,(H3,20,21,22,23,24,25). The van der Waals surface area contributed by atoms with Gasteiger partial charge in [-0.2, -0.15) is 28.1 Å². The van der Waals surface area contributed by atoms with Crippen molar-refractivity contribution in [1.29, 1.82) is 0 Å². The van der Waals surface area contributed by atoms with E-state index in [1.54, 1.807) is 0 Å². The van der Waals surface area contributed by atoms with E-state index in [1.807, 2.05) is 0 Å². The minimum Gasteiger partial charge on any atom is -0.508 e. The number of hydrogen-bond acceptors (Lipinski definition) is 7. The fourth-order valence-corrected chi connectivity index (χ4v) is 2.05. The summed E-state index contributed by atoms with van der Waals surface area (Å²) in [5.41, 5.74) is 4.31. The average Bonchev–Trinajstić information content (AvgIpc) is 2.56. The molecule has 2 aromatic heterocycles. The van der Waals surface area contributed by atoms with Crippen LogP contribution in [0.5, 0.6) is 5.75 Å². The highest BCUT2D eigenvalue weighted by Crippen LogP contribution is 2.30. The van der Waals surface area contributed by atoms with Gasteiger partial charge >= 0.3 is 6.18 Å². The number of aromatic nitrogens is 4. The Morgan fingerprint density at radius 3 is 2.54 bits per heavy atom. The topological polar surface area (TPSA) is 110 Å². The number of aromatic hydroxyl groups is 1. The number of anilines is 3. The number of nitrogens with zero attached hydrogens (tertiary/aromatic N) is 4. The molecule has 11 heteroatoms. The van der Waals surface area contributed by atoms with Gasteiger partial charge in [0, 0.05) is 11.9 Å². The third-order valence-electron chi connectivity index (χ3n) is 3.15. The minimum absolute atomic E-state index is 0.000237. The highest BCUT2D eigenvalue weighted by Gasteiger charge is 2.32. The van der Waals surface area contributed by atoms with E-state index in [1.165, 1.54) is 6.07 Å². The molecule has 0 aliphatic rings. The van der Waals surface area contributed by atoms with Crippen LogP contribution in [0.2, 0.25) is 0 Å². The van der Waals surface area contributed by atoms with Crippen LogP contribution in [0.25, 0.3) is 11.4 Å². The quantitative estimate of drug-likeness (QED) is 0.611. The number of halogens is 4. The van der Waals surface area contributed by atoms with E-state index in [2.05, 4.69) is 25.3 Å². The number of nitrogens with one attached hydrogen (secondary N) is 1. The maximum atomic E-state index is 13.9. The van der Waals surface area contributed by atoms with Crippen LogP contribution in [0.15, 0.2) is 36.5 Å². The van der Waals surface area contributed by atoms with Gasteiger partial charge in [-0.15, -0.1) is 0 Å². The SMILES string of the molecule is Nc1nc(Nc2ccnc(C(F)(F)F)c2)nc(-c2cc(O)ccc2F)n1. The lowest BCUT2D eigenvalue weighted by Crippen LogP contribution is -2.09. The molecule has 1 aromatic carbocycles. The van der Waals surface area contributed by atoms with Crippen LogP contribution >= 0.6 is 0 Å². The predicted molar refractivity (Wildman–Crippen MR) is 83.8 cm³/mol. The van der Waals surface area contributed by atoms with Gasteiger partial charge in [-0.25, -0.2) is 4.39 Å². The van der Waals surface area contributed by atoms with Crippen molar-refractivity contribution >= 4 is 17.6 Å². The van der Waals surface area contributed by atoms with E-state index < -0.39 is 17.7 Å². The fourth-order valence-electron chi connectivity index (χ4n) is 2.05. The van der Waals surface area contributed by atoms with Crippen LogP contribution in [0.3, 0.4) is 0 Å². The lowest BCUT2D eigenvalue weighted by Gasteiger charge is -2.10. The van der Waals surface area contributed by atoms with Crippen LogP contribution in [0, 0.1) is 5.82 Å². The van der Waals surface area contributed by atoms with E-state index in [0.717, 1.165) is 30.5 Å². The molecular formula is C15H10F4N6O. The van der Waals surface area contributed by atoms with Gasteiger partial charge in [0.05, 0.1) is 5.56 Å². The molecule has 0 radical (unpaired) electrons. The minimum atomic E-state index is -4.62. The molecule has 3 rings (SSSR count). The van der Waals surface area contributed by atoms with E-state index >= 15 is 0 Å². The van der Waals surface area contributed by atoms with Gasteiger partial charge in [-0.3, -0.25) is 4.98 Å². The van der Waals surface area contributed by atoms with Gasteiger partial charge in [0.1, 0.15) is 17.3 Å². The van der Waals surface area contributed by atoms with Crippen molar-refractivity contribution in [2.75, 3.05) is 11.1 Å². The number of nitrogen functional groups attached to an aromatic ring is 1. The average molecular weight is 366 g/mol. The molecule has 7 nitrogen and oxygen atoms in total. The van der Waals surface area contributed by atoms with Gasteiger partial charge in [0.15, 0.2) is 5.82 Å². The Bertz CT molecular complexity index is 963. The third-order valence-corrected chi connectivity index (χ3v) is 3.15. The van der Waals surface area contributed by atoms with Crippen LogP contribution in [0.1, 0.15) is 5.69 Å². The zero-order chi connectivity index (χ0) is 18.9. The molecule has 134 valence electrons. The molecule has 2 heterocycles. The molecule has 0 saturated heterocycles. The molecule has 0 saturated carbocycles. The van der Waals surface area contributed by atoms with E-state index in [0.29, 0.717) is 0 Å². The Morgan fingerprint density at radius 2 is 1.81 bits per heavy atom. The second-order valence-electron chi connectivity index (χ2n) is 5.06. The largest absolute Gasteiger partial charge is 0.508 e. The zero-order valence-electron chi connectivity index (χ0n) is 12.8. The monoisotopic (exact) mass is 366 g/mol. The van der Waals surface area contributed by atoms with Crippen LogP contribution in [0.4, 0.5) is 35.1 Å². The van der Waals surface area contributed by atoms with Crippen molar-refractivity contribution in [3.05, 3.63) is 48.0 Å². The molecule has 0 spiro atoms. The van der Waals surface area contributed by atoms with Crippen LogP contribution in [-0.4, -0.2) is 25.0 Å². The molecule has 0 bridgehead atoms. The first-order chi connectivity index (χ1) is 12.2. The van der Waals surface area contributed by atoms with Crippen molar-refractivity contribution in [3.8, 4) is 17.1 Å². The van der Waals surface area contributed by atoms with Gasteiger partial charge in [0.25, 0.3) is 0 Å². The summed E-state index contributed by atoms with van der Waals surface area (Å²) in [5, 5.41) is 12.0. The summed E-state index contributed by atoms with van der Waals surface area (Å²) in [6.45, 7) is 0. The smallest absolute Gasteiger partial charge is 0.433 e. The molecule has 0 atom stereocenters. The normalized spacial score (nSPS) is 11.4. The van der Waals surface area contributed by atoms with E-state index in [-0.39, 0.29) is 34.7 Å². The lowest BCUT2D eigenvalue weighted by molar-refractivity contribution is -0.141. The number of hydrogen-bond donors (Lipinski definition) is 3. The number of phenols is 1. The highest BCUT2D eigenvalue weighted by atomic mass is 19.4. The van der Waals surface area contributed by atoms with Gasteiger partial charge in [0.2, 0.25) is 11.9 Å². The van der Waals surface area contributed by atoms with Gasteiger partial charge < -0.3 is 16.2 Å². The molecule has 0 unspecified atom stereocenters. The first kappa shape index (κ1) is 17.3. The first-order valence-electron chi connectivity index (χ1n) is 7.03. The fraction of sp³-hybridized carbons (Fsp3) is 0.0667. The second-order valence-corrected chi connectivity index (χ2v) is 5.06. The summed E-state index contributed by atoms with van der Waals surface area (Å²) < 4.78 is 52.1.